The van der Waals surface area contributed by atoms with E-state index in [9.17, 15) is 8.42 Å². The van der Waals surface area contributed by atoms with Gasteiger partial charge in [0.25, 0.3) is 0 Å². The standard InChI is InChI=1S/C9H14Cl4O2S/c10-9(11,12)7-3-1-2-4-8(6-5-7)16(13,14)15/h7-8H,1-6H2. The summed E-state index contributed by atoms with van der Waals surface area (Å²) < 4.78 is 21.2. The normalized spacial score (nSPS) is 29.5. The van der Waals surface area contributed by atoms with E-state index >= 15 is 0 Å². The van der Waals surface area contributed by atoms with E-state index < -0.39 is 18.1 Å². The number of rotatable bonds is 1. The molecule has 0 N–H and O–H groups in total. The van der Waals surface area contributed by atoms with Gasteiger partial charge in [0, 0.05) is 16.6 Å². The lowest BCUT2D eigenvalue weighted by atomic mass is 9.92. The summed E-state index contributed by atoms with van der Waals surface area (Å²) >= 11 is 17.5. The summed E-state index contributed by atoms with van der Waals surface area (Å²) in [7, 11) is 1.88. The fraction of sp³-hybridized carbons (Fsp3) is 1.00. The van der Waals surface area contributed by atoms with Gasteiger partial charge in [0.15, 0.2) is 3.79 Å². The summed E-state index contributed by atoms with van der Waals surface area (Å²) in [6, 6.07) is 0. The molecule has 2 nitrogen and oxygen atoms in total. The van der Waals surface area contributed by atoms with Gasteiger partial charge in [-0.1, -0.05) is 47.6 Å². The molecular weight excluding hydrogens is 314 g/mol. The van der Waals surface area contributed by atoms with Crippen LogP contribution in [0.15, 0.2) is 0 Å². The molecule has 0 aliphatic heterocycles. The van der Waals surface area contributed by atoms with Crippen molar-refractivity contribution in [2.24, 2.45) is 5.92 Å². The highest BCUT2D eigenvalue weighted by Gasteiger charge is 2.35. The van der Waals surface area contributed by atoms with E-state index in [-0.39, 0.29) is 5.92 Å². The zero-order valence-corrected chi connectivity index (χ0v) is 12.5. The average molecular weight is 328 g/mol. The summed E-state index contributed by atoms with van der Waals surface area (Å²) in [4.78, 5) is 0. The van der Waals surface area contributed by atoms with Crippen molar-refractivity contribution in [1.29, 1.82) is 0 Å². The van der Waals surface area contributed by atoms with Crippen molar-refractivity contribution in [3.63, 3.8) is 0 Å². The Morgan fingerprint density at radius 2 is 1.50 bits per heavy atom. The zero-order valence-electron chi connectivity index (χ0n) is 8.63. The SMILES string of the molecule is O=S(=O)(Cl)C1CCCCC(C(Cl)(Cl)Cl)CC1. The van der Waals surface area contributed by atoms with Crippen LogP contribution in [-0.2, 0) is 9.05 Å². The number of hydrogen-bond donors (Lipinski definition) is 0. The van der Waals surface area contributed by atoms with E-state index in [1.807, 2.05) is 0 Å². The summed E-state index contributed by atoms with van der Waals surface area (Å²) in [5.41, 5.74) is 0. The Morgan fingerprint density at radius 3 is 2.00 bits per heavy atom. The number of halogens is 4. The van der Waals surface area contributed by atoms with Crippen LogP contribution in [0.25, 0.3) is 0 Å². The molecule has 7 heteroatoms. The molecule has 0 saturated heterocycles. The number of hydrogen-bond acceptors (Lipinski definition) is 2. The second-order valence-electron chi connectivity index (χ2n) is 4.20. The lowest BCUT2D eigenvalue weighted by molar-refractivity contribution is 0.382. The first kappa shape index (κ1) is 15.2. The highest BCUT2D eigenvalue weighted by atomic mass is 35.7. The molecule has 0 amide bonds. The highest BCUT2D eigenvalue weighted by Crippen LogP contribution is 2.42. The predicted octanol–water partition coefficient (Wildman–Crippen LogP) is 4.26. The lowest BCUT2D eigenvalue weighted by Gasteiger charge is -2.28. The summed E-state index contributed by atoms with van der Waals surface area (Å²) in [5.74, 6) is -0.0845. The van der Waals surface area contributed by atoms with Gasteiger partial charge in [0.05, 0.1) is 5.25 Å². The van der Waals surface area contributed by atoms with Crippen LogP contribution in [0.4, 0.5) is 0 Å². The van der Waals surface area contributed by atoms with Gasteiger partial charge in [-0.3, -0.25) is 0 Å². The van der Waals surface area contributed by atoms with Crippen molar-refractivity contribution in [1.82, 2.24) is 0 Å². The molecule has 0 aromatic heterocycles. The topological polar surface area (TPSA) is 34.1 Å². The monoisotopic (exact) mass is 326 g/mol. The third-order valence-corrected chi connectivity index (χ3v) is 5.98. The van der Waals surface area contributed by atoms with E-state index in [1.165, 1.54) is 0 Å². The molecule has 0 heterocycles. The van der Waals surface area contributed by atoms with Gasteiger partial charge >= 0.3 is 0 Å². The first-order valence-corrected chi connectivity index (χ1v) is 8.72. The Kier molecular flexibility index (Phi) is 5.53. The van der Waals surface area contributed by atoms with Crippen LogP contribution in [-0.4, -0.2) is 17.5 Å². The van der Waals surface area contributed by atoms with Gasteiger partial charge in [-0.05, 0) is 25.7 Å². The van der Waals surface area contributed by atoms with Crippen molar-refractivity contribution >= 4 is 54.5 Å². The summed E-state index contributed by atoms with van der Waals surface area (Å²) in [6.45, 7) is 0. The van der Waals surface area contributed by atoms with Crippen molar-refractivity contribution < 1.29 is 8.42 Å². The fourth-order valence-electron chi connectivity index (χ4n) is 2.05. The van der Waals surface area contributed by atoms with Gasteiger partial charge in [-0.25, -0.2) is 8.42 Å². The minimum atomic E-state index is -3.49. The predicted molar refractivity (Wildman–Crippen MR) is 70.0 cm³/mol. The third kappa shape index (κ3) is 4.77. The smallest absolute Gasteiger partial charge is 0.212 e. The molecule has 96 valence electrons. The number of alkyl halides is 3. The molecular formula is C9H14Cl4O2S. The second-order valence-corrected chi connectivity index (χ2v) is 9.48. The summed E-state index contributed by atoms with van der Waals surface area (Å²) in [6.07, 6.45) is 4.19. The Morgan fingerprint density at radius 1 is 0.938 bits per heavy atom. The largest absolute Gasteiger partial charge is 0.235 e. The lowest BCUT2D eigenvalue weighted by Crippen LogP contribution is -2.25. The van der Waals surface area contributed by atoms with E-state index in [0.29, 0.717) is 19.3 Å². The Balaban J connectivity index is 2.67. The average Bonchev–Trinajstić information content (AvgIpc) is 1.96. The molecule has 0 aromatic rings. The molecule has 2 atom stereocenters. The molecule has 16 heavy (non-hydrogen) atoms. The maximum absolute atomic E-state index is 11.3. The van der Waals surface area contributed by atoms with Crippen molar-refractivity contribution in [2.75, 3.05) is 0 Å². The van der Waals surface area contributed by atoms with Gasteiger partial charge in [-0.15, -0.1) is 0 Å². The fourth-order valence-corrected chi connectivity index (χ4v) is 4.10. The second kappa shape index (κ2) is 5.83. The summed E-state index contributed by atoms with van der Waals surface area (Å²) in [5, 5.41) is -0.496. The first-order valence-electron chi connectivity index (χ1n) is 5.21. The molecule has 1 rings (SSSR count). The molecule has 1 saturated carbocycles. The van der Waals surface area contributed by atoms with Crippen LogP contribution in [0, 0.1) is 5.92 Å². The van der Waals surface area contributed by atoms with Crippen molar-refractivity contribution in [3.05, 3.63) is 0 Å². The van der Waals surface area contributed by atoms with Crippen LogP contribution in [0.1, 0.15) is 38.5 Å². The van der Waals surface area contributed by atoms with Crippen LogP contribution < -0.4 is 0 Å². The maximum atomic E-state index is 11.3. The minimum Gasteiger partial charge on any atom is -0.212 e. The van der Waals surface area contributed by atoms with Crippen molar-refractivity contribution in [2.45, 2.75) is 47.6 Å². The van der Waals surface area contributed by atoms with Crippen LogP contribution in [0.3, 0.4) is 0 Å². The Hall–Kier alpha value is 1.11. The molecule has 0 spiro atoms. The molecule has 1 aliphatic carbocycles. The third-order valence-electron chi connectivity index (χ3n) is 3.03. The van der Waals surface area contributed by atoms with Crippen LogP contribution in [0.2, 0.25) is 0 Å². The quantitative estimate of drug-likeness (QED) is 0.532. The molecule has 1 fully saturated rings. The van der Waals surface area contributed by atoms with Crippen molar-refractivity contribution in [3.8, 4) is 0 Å². The molecule has 0 radical (unpaired) electrons. The Bertz CT molecular complexity index is 323. The van der Waals surface area contributed by atoms with Gasteiger partial charge < -0.3 is 0 Å². The van der Waals surface area contributed by atoms with Gasteiger partial charge in [-0.2, -0.15) is 0 Å². The zero-order chi connectivity index (χ0) is 12.4. The molecule has 2 unspecified atom stereocenters. The van der Waals surface area contributed by atoms with E-state index in [2.05, 4.69) is 0 Å². The Labute approximate surface area is 116 Å². The van der Waals surface area contributed by atoms with E-state index in [0.717, 1.165) is 19.3 Å². The van der Waals surface area contributed by atoms with Gasteiger partial charge in [0.2, 0.25) is 9.05 Å². The minimum absolute atomic E-state index is 0.0845. The molecule has 0 aromatic carbocycles. The first-order chi connectivity index (χ1) is 7.21. The van der Waals surface area contributed by atoms with E-state index in [4.69, 9.17) is 45.5 Å². The van der Waals surface area contributed by atoms with Gasteiger partial charge in [0.1, 0.15) is 0 Å². The van der Waals surface area contributed by atoms with E-state index in [1.54, 1.807) is 0 Å². The molecule has 0 bridgehead atoms. The highest BCUT2D eigenvalue weighted by molar-refractivity contribution is 8.14. The maximum Gasteiger partial charge on any atom is 0.235 e. The molecule has 1 aliphatic rings. The van der Waals surface area contributed by atoms with Crippen LogP contribution >= 0.6 is 45.5 Å². The van der Waals surface area contributed by atoms with Crippen LogP contribution in [0.5, 0.6) is 0 Å².